The summed E-state index contributed by atoms with van der Waals surface area (Å²) in [7, 11) is 0. The van der Waals surface area contributed by atoms with Crippen molar-refractivity contribution in [2.24, 2.45) is 0 Å². The maximum atomic E-state index is 13.6. The topological polar surface area (TPSA) is 62.3 Å². The molecule has 1 aliphatic rings. The SMILES string of the molecule is O=C(COc1ccc(Cl)cc1)N(CCN1CCOCC1)CC(=O)N(Cc1ccccc1)Cc1cccs1. The van der Waals surface area contributed by atoms with Gasteiger partial charge in [0.05, 0.1) is 26.3 Å². The zero-order valence-electron chi connectivity index (χ0n) is 20.8. The van der Waals surface area contributed by atoms with E-state index in [4.69, 9.17) is 21.1 Å². The second-order valence-electron chi connectivity index (χ2n) is 8.83. The fourth-order valence-electron chi connectivity index (χ4n) is 4.04. The van der Waals surface area contributed by atoms with Gasteiger partial charge in [-0.2, -0.15) is 0 Å². The number of carbonyl (C=O) groups is 2. The number of amides is 2. The van der Waals surface area contributed by atoms with Crippen LogP contribution in [-0.2, 0) is 27.4 Å². The fraction of sp³-hybridized carbons (Fsp3) is 0.357. The zero-order chi connectivity index (χ0) is 25.9. The van der Waals surface area contributed by atoms with E-state index in [2.05, 4.69) is 4.90 Å². The van der Waals surface area contributed by atoms with E-state index in [9.17, 15) is 9.59 Å². The average Bonchev–Trinajstić information content (AvgIpc) is 3.44. The molecule has 9 heteroatoms. The Morgan fingerprint density at radius 1 is 0.919 bits per heavy atom. The van der Waals surface area contributed by atoms with Crippen molar-refractivity contribution < 1.29 is 19.1 Å². The number of carbonyl (C=O) groups excluding carboxylic acids is 2. The molecule has 7 nitrogen and oxygen atoms in total. The van der Waals surface area contributed by atoms with Crippen LogP contribution in [0.4, 0.5) is 0 Å². The number of halogens is 1. The summed E-state index contributed by atoms with van der Waals surface area (Å²) >= 11 is 7.57. The molecule has 1 fully saturated rings. The van der Waals surface area contributed by atoms with Crippen molar-refractivity contribution in [1.29, 1.82) is 0 Å². The minimum atomic E-state index is -0.229. The third-order valence-electron chi connectivity index (χ3n) is 6.14. The molecule has 1 saturated heterocycles. The lowest BCUT2D eigenvalue weighted by atomic mass is 10.2. The molecule has 1 aromatic heterocycles. The van der Waals surface area contributed by atoms with Crippen molar-refractivity contribution in [3.63, 3.8) is 0 Å². The predicted molar refractivity (Wildman–Crippen MR) is 146 cm³/mol. The Morgan fingerprint density at radius 2 is 1.68 bits per heavy atom. The molecule has 0 unspecified atom stereocenters. The molecule has 1 aliphatic heterocycles. The molecule has 0 aliphatic carbocycles. The second kappa shape index (κ2) is 14.1. The summed E-state index contributed by atoms with van der Waals surface area (Å²) in [4.78, 5) is 33.6. The van der Waals surface area contributed by atoms with Crippen LogP contribution < -0.4 is 4.74 Å². The van der Waals surface area contributed by atoms with E-state index in [0.29, 0.717) is 50.2 Å². The van der Waals surface area contributed by atoms with Gasteiger partial charge in [-0.1, -0.05) is 48.0 Å². The van der Waals surface area contributed by atoms with Crippen LogP contribution in [0.3, 0.4) is 0 Å². The molecule has 3 aromatic rings. The fourth-order valence-corrected chi connectivity index (χ4v) is 4.88. The first-order chi connectivity index (χ1) is 18.1. The summed E-state index contributed by atoms with van der Waals surface area (Å²) in [6, 6.07) is 20.8. The summed E-state index contributed by atoms with van der Waals surface area (Å²) in [6.45, 7) is 4.91. The summed E-state index contributed by atoms with van der Waals surface area (Å²) < 4.78 is 11.2. The number of morpholine rings is 1. The van der Waals surface area contributed by atoms with Gasteiger partial charge in [-0.15, -0.1) is 11.3 Å². The molecule has 37 heavy (non-hydrogen) atoms. The summed E-state index contributed by atoms with van der Waals surface area (Å²) in [5.41, 5.74) is 1.05. The summed E-state index contributed by atoms with van der Waals surface area (Å²) in [6.07, 6.45) is 0. The van der Waals surface area contributed by atoms with Crippen LogP contribution in [0.2, 0.25) is 5.02 Å². The van der Waals surface area contributed by atoms with Crippen molar-refractivity contribution >= 4 is 34.8 Å². The van der Waals surface area contributed by atoms with Gasteiger partial charge in [-0.05, 0) is 41.3 Å². The van der Waals surface area contributed by atoms with Gasteiger partial charge in [-0.3, -0.25) is 14.5 Å². The van der Waals surface area contributed by atoms with E-state index >= 15 is 0 Å². The molecule has 0 spiro atoms. The van der Waals surface area contributed by atoms with Crippen molar-refractivity contribution in [2.45, 2.75) is 13.1 Å². The largest absolute Gasteiger partial charge is 0.484 e. The lowest BCUT2D eigenvalue weighted by Gasteiger charge is -2.31. The van der Waals surface area contributed by atoms with Gasteiger partial charge in [0.25, 0.3) is 5.91 Å². The minimum Gasteiger partial charge on any atom is -0.484 e. The number of nitrogens with zero attached hydrogens (tertiary/aromatic N) is 3. The van der Waals surface area contributed by atoms with Gasteiger partial charge < -0.3 is 19.3 Å². The molecule has 2 heterocycles. The lowest BCUT2D eigenvalue weighted by molar-refractivity contribution is -0.142. The summed E-state index contributed by atoms with van der Waals surface area (Å²) in [5, 5.41) is 2.60. The maximum absolute atomic E-state index is 13.6. The first-order valence-corrected chi connectivity index (χ1v) is 13.6. The average molecular weight is 542 g/mol. The second-order valence-corrected chi connectivity index (χ2v) is 10.3. The minimum absolute atomic E-state index is 0.00857. The number of hydrogen-bond acceptors (Lipinski definition) is 6. The van der Waals surface area contributed by atoms with Crippen LogP contribution in [0.15, 0.2) is 72.1 Å². The van der Waals surface area contributed by atoms with Crippen LogP contribution in [0, 0.1) is 0 Å². The smallest absolute Gasteiger partial charge is 0.261 e. The highest BCUT2D eigenvalue weighted by Gasteiger charge is 2.23. The standard InChI is InChI=1S/C28H32ClN3O4S/c29-24-8-10-25(11-9-24)36-22-28(34)31(13-12-30-14-16-35-17-15-30)21-27(33)32(20-26-7-4-18-37-26)19-23-5-2-1-3-6-23/h1-11,18H,12-17,19-22H2. The molecule has 2 aromatic carbocycles. The highest BCUT2D eigenvalue weighted by molar-refractivity contribution is 7.09. The van der Waals surface area contributed by atoms with E-state index in [1.54, 1.807) is 40.5 Å². The molecule has 196 valence electrons. The molecule has 0 saturated carbocycles. The first kappa shape index (κ1) is 27.1. The molecule has 2 amide bonds. The van der Waals surface area contributed by atoms with Crippen LogP contribution in [-0.4, -0.2) is 79.1 Å². The van der Waals surface area contributed by atoms with Crippen molar-refractivity contribution in [2.75, 3.05) is 52.5 Å². The third kappa shape index (κ3) is 8.86. The monoisotopic (exact) mass is 541 g/mol. The van der Waals surface area contributed by atoms with E-state index in [1.165, 1.54) is 0 Å². The van der Waals surface area contributed by atoms with E-state index < -0.39 is 0 Å². The molecular formula is C28H32ClN3O4S. The van der Waals surface area contributed by atoms with Gasteiger partial charge in [0, 0.05) is 42.6 Å². The quantitative estimate of drug-likeness (QED) is 0.344. The van der Waals surface area contributed by atoms with Gasteiger partial charge >= 0.3 is 0 Å². The van der Waals surface area contributed by atoms with Crippen molar-refractivity contribution in [3.05, 3.63) is 87.6 Å². The number of benzene rings is 2. The first-order valence-electron chi connectivity index (χ1n) is 12.4. The summed E-state index contributed by atoms with van der Waals surface area (Å²) in [5.74, 6) is 0.229. The Hall–Kier alpha value is -2.91. The predicted octanol–water partition coefficient (Wildman–Crippen LogP) is 4.17. The van der Waals surface area contributed by atoms with E-state index in [-0.39, 0.29) is 25.0 Å². The highest BCUT2D eigenvalue weighted by Crippen LogP contribution is 2.17. The van der Waals surface area contributed by atoms with Crippen LogP contribution in [0.1, 0.15) is 10.4 Å². The van der Waals surface area contributed by atoms with Crippen molar-refractivity contribution in [1.82, 2.24) is 14.7 Å². The number of rotatable bonds is 12. The number of hydrogen-bond donors (Lipinski definition) is 0. The Bertz CT molecular complexity index is 1110. The molecule has 4 rings (SSSR count). The van der Waals surface area contributed by atoms with Crippen LogP contribution in [0.5, 0.6) is 5.75 Å². The Morgan fingerprint density at radius 3 is 2.38 bits per heavy atom. The lowest BCUT2D eigenvalue weighted by Crippen LogP contribution is -2.48. The van der Waals surface area contributed by atoms with Gasteiger partial charge in [0.15, 0.2) is 6.61 Å². The van der Waals surface area contributed by atoms with E-state index in [0.717, 1.165) is 23.5 Å². The normalized spacial score (nSPS) is 13.8. The van der Waals surface area contributed by atoms with Gasteiger partial charge in [-0.25, -0.2) is 0 Å². The number of thiophene rings is 1. The highest BCUT2D eigenvalue weighted by atomic mass is 35.5. The Labute approximate surface area is 227 Å². The molecule has 0 bridgehead atoms. The molecule has 0 N–H and O–H groups in total. The van der Waals surface area contributed by atoms with Gasteiger partial charge in [0.2, 0.25) is 5.91 Å². The van der Waals surface area contributed by atoms with Crippen molar-refractivity contribution in [3.8, 4) is 5.75 Å². The zero-order valence-corrected chi connectivity index (χ0v) is 22.3. The van der Waals surface area contributed by atoms with Crippen LogP contribution >= 0.6 is 22.9 Å². The molecular weight excluding hydrogens is 510 g/mol. The third-order valence-corrected chi connectivity index (χ3v) is 7.25. The Balaban J connectivity index is 1.44. The number of ether oxygens (including phenoxy) is 2. The maximum Gasteiger partial charge on any atom is 0.261 e. The van der Waals surface area contributed by atoms with E-state index in [1.807, 2.05) is 52.7 Å². The molecule has 0 atom stereocenters. The van der Waals surface area contributed by atoms with Gasteiger partial charge in [0.1, 0.15) is 5.75 Å². The molecule has 0 radical (unpaired) electrons. The van der Waals surface area contributed by atoms with Crippen LogP contribution in [0.25, 0.3) is 0 Å². The Kier molecular flexibility index (Phi) is 10.4.